The third kappa shape index (κ3) is 2.97. The second kappa shape index (κ2) is 5.91. The second-order valence-corrected chi connectivity index (χ2v) is 7.04. The molecule has 1 aliphatic carbocycles. The van der Waals surface area contributed by atoms with Gasteiger partial charge in [0.2, 0.25) is 5.91 Å². The number of carbonyl (C=O) groups is 2. The first-order chi connectivity index (χ1) is 10.5. The molecule has 6 heteroatoms. The van der Waals surface area contributed by atoms with E-state index in [1.54, 1.807) is 11.0 Å². The molecule has 22 heavy (non-hydrogen) atoms. The molecule has 1 fully saturated rings. The Morgan fingerprint density at radius 2 is 2.05 bits per heavy atom. The van der Waals surface area contributed by atoms with Crippen molar-refractivity contribution in [3.8, 4) is 0 Å². The zero-order chi connectivity index (χ0) is 15.9. The number of amides is 2. The molecule has 5 nitrogen and oxygen atoms in total. The monoisotopic (exact) mass is 366 g/mol. The molecule has 1 saturated carbocycles. The first-order valence-electron chi connectivity index (χ1n) is 7.59. The van der Waals surface area contributed by atoms with Gasteiger partial charge in [0.05, 0.1) is 17.4 Å². The van der Waals surface area contributed by atoms with E-state index >= 15 is 0 Å². The molecular weight excluding hydrogens is 348 g/mol. The first kappa shape index (κ1) is 15.3. The van der Waals surface area contributed by atoms with Crippen molar-refractivity contribution in [1.29, 1.82) is 0 Å². The molecule has 0 aromatic heterocycles. The molecule has 1 aromatic carbocycles. The van der Waals surface area contributed by atoms with Crippen LogP contribution in [0, 0.1) is 5.92 Å². The van der Waals surface area contributed by atoms with Gasteiger partial charge < -0.3 is 10.0 Å². The lowest BCUT2D eigenvalue weighted by Crippen LogP contribution is -2.51. The maximum absolute atomic E-state index is 12.6. The maximum atomic E-state index is 12.6. The van der Waals surface area contributed by atoms with Crippen LogP contribution in [-0.2, 0) is 4.79 Å². The number of rotatable bonds is 3. The van der Waals surface area contributed by atoms with Crippen LogP contribution >= 0.6 is 15.9 Å². The van der Waals surface area contributed by atoms with Crippen LogP contribution in [-0.4, -0.2) is 29.7 Å². The highest BCUT2D eigenvalue weighted by Crippen LogP contribution is 2.39. The highest BCUT2D eigenvalue weighted by atomic mass is 79.9. The third-order valence-corrected chi connectivity index (χ3v) is 4.83. The van der Waals surface area contributed by atoms with E-state index in [1.807, 2.05) is 19.1 Å². The van der Waals surface area contributed by atoms with E-state index in [9.17, 15) is 14.7 Å². The van der Waals surface area contributed by atoms with Crippen molar-refractivity contribution >= 4 is 39.3 Å². The SMILES string of the molecule is C[C@H]1CN(C(=O)O)c2cc(Br)ccc2N1C(=O)CCC1CC1. The van der Waals surface area contributed by atoms with Crippen LogP contribution < -0.4 is 9.80 Å². The third-order valence-electron chi connectivity index (χ3n) is 4.34. The van der Waals surface area contributed by atoms with Gasteiger partial charge in [-0.3, -0.25) is 9.69 Å². The maximum Gasteiger partial charge on any atom is 0.411 e. The average molecular weight is 367 g/mol. The fourth-order valence-electron chi connectivity index (χ4n) is 3.01. The summed E-state index contributed by atoms with van der Waals surface area (Å²) in [7, 11) is 0. The summed E-state index contributed by atoms with van der Waals surface area (Å²) in [4.78, 5) is 27.2. The number of nitrogens with zero attached hydrogens (tertiary/aromatic N) is 2. The van der Waals surface area contributed by atoms with Gasteiger partial charge in [-0.15, -0.1) is 0 Å². The molecular formula is C16H19BrN2O3. The summed E-state index contributed by atoms with van der Waals surface area (Å²) in [6, 6.07) is 5.27. The van der Waals surface area contributed by atoms with E-state index in [4.69, 9.17) is 0 Å². The summed E-state index contributed by atoms with van der Waals surface area (Å²) in [6.45, 7) is 2.20. The molecule has 118 valence electrons. The number of hydrogen-bond donors (Lipinski definition) is 1. The summed E-state index contributed by atoms with van der Waals surface area (Å²) in [5, 5.41) is 9.41. The van der Waals surface area contributed by atoms with Crippen molar-refractivity contribution in [1.82, 2.24) is 0 Å². The van der Waals surface area contributed by atoms with Gasteiger partial charge in [-0.2, -0.15) is 0 Å². The molecule has 1 heterocycles. The predicted molar refractivity (Wildman–Crippen MR) is 88.4 cm³/mol. The van der Waals surface area contributed by atoms with E-state index in [2.05, 4.69) is 15.9 Å². The van der Waals surface area contributed by atoms with Gasteiger partial charge in [0.15, 0.2) is 0 Å². The Hall–Kier alpha value is -1.56. The molecule has 1 N–H and O–H groups in total. The Balaban J connectivity index is 1.91. The predicted octanol–water partition coefficient (Wildman–Crippen LogP) is 3.86. The summed E-state index contributed by atoms with van der Waals surface area (Å²) in [5.74, 6) is 0.803. The normalized spacial score (nSPS) is 20.7. The lowest BCUT2D eigenvalue weighted by Gasteiger charge is -2.40. The van der Waals surface area contributed by atoms with Gasteiger partial charge in [0.25, 0.3) is 0 Å². The number of benzene rings is 1. The minimum atomic E-state index is -0.990. The Morgan fingerprint density at radius 3 is 2.68 bits per heavy atom. The van der Waals surface area contributed by atoms with Gasteiger partial charge >= 0.3 is 6.09 Å². The summed E-state index contributed by atoms with van der Waals surface area (Å²) in [6.07, 6.45) is 2.96. The van der Waals surface area contributed by atoms with Crippen molar-refractivity contribution in [3.05, 3.63) is 22.7 Å². The average Bonchev–Trinajstić information content (AvgIpc) is 3.28. The van der Waals surface area contributed by atoms with Gasteiger partial charge in [-0.05, 0) is 37.5 Å². The fraction of sp³-hybridized carbons (Fsp3) is 0.500. The van der Waals surface area contributed by atoms with Crippen molar-refractivity contribution in [2.45, 2.75) is 38.6 Å². The Bertz CT molecular complexity index is 615. The van der Waals surface area contributed by atoms with Crippen molar-refractivity contribution in [3.63, 3.8) is 0 Å². The minimum Gasteiger partial charge on any atom is -0.465 e. The van der Waals surface area contributed by atoms with Crippen molar-refractivity contribution in [2.75, 3.05) is 16.3 Å². The Morgan fingerprint density at radius 1 is 1.32 bits per heavy atom. The van der Waals surface area contributed by atoms with E-state index in [0.717, 1.165) is 10.9 Å². The Labute approximate surface area is 138 Å². The molecule has 0 unspecified atom stereocenters. The van der Waals surface area contributed by atoms with Crippen LogP contribution in [0.2, 0.25) is 0 Å². The van der Waals surface area contributed by atoms with E-state index < -0.39 is 6.09 Å². The first-order valence-corrected chi connectivity index (χ1v) is 8.38. The zero-order valence-electron chi connectivity index (χ0n) is 12.5. The topological polar surface area (TPSA) is 60.9 Å². The standard InChI is InChI=1S/C16H19BrN2O3/c1-10-9-18(16(21)22)14-8-12(17)5-6-13(14)19(10)15(20)7-4-11-2-3-11/h5-6,8,10-11H,2-4,7,9H2,1H3,(H,21,22)/t10-/m0/s1. The molecule has 2 amide bonds. The molecule has 0 radical (unpaired) electrons. The van der Waals surface area contributed by atoms with Gasteiger partial charge in [-0.25, -0.2) is 4.79 Å². The quantitative estimate of drug-likeness (QED) is 0.883. The van der Waals surface area contributed by atoms with Gasteiger partial charge in [0, 0.05) is 17.4 Å². The summed E-state index contributed by atoms with van der Waals surface area (Å²) >= 11 is 3.37. The van der Waals surface area contributed by atoms with Gasteiger partial charge in [-0.1, -0.05) is 28.8 Å². The number of carboxylic acid groups (broad SMARTS) is 1. The number of fused-ring (bicyclic) bond motifs is 1. The molecule has 0 bridgehead atoms. The second-order valence-electron chi connectivity index (χ2n) is 6.12. The van der Waals surface area contributed by atoms with Crippen LogP contribution in [0.25, 0.3) is 0 Å². The minimum absolute atomic E-state index is 0.0908. The van der Waals surface area contributed by atoms with Crippen LogP contribution in [0.4, 0.5) is 16.2 Å². The van der Waals surface area contributed by atoms with E-state index in [1.165, 1.54) is 17.7 Å². The largest absolute Gasteiger partial charge is 0.465 e. The van der Waals surface area contributed by atoms with Crippen LogP contribution in [0.5, 0.6) is 0 Å². The fourth-order valence-corrected chi connectivity index (χ4v) is 3.36. The molecule has 1 aliphatic heterocycles. The molecule has 1 atom stereocenters. The summed E-state index contributed by atoms with van der Waals surface area (Å²) < 4.78 is 0.803. The van der Waals surface area contributed by atoms with E-state index in [-0.39, 0.29) is 11.9 Å². The Kier molecular flexibility index (Phi) is 4.12. The van der Waals surface area contributed by atoms with Crippen LogP contribution in [0.3, 0.4) is 0 Å². The number of halogens is 1. The highest BCUT2D eigenvalue weighted by Gasteiger charge is 2.35. The van der Waals surface area contributed by atoms with Crippen molar-refractivity contribution in [2.24, 2.45) is 5.92 Å². The molecule has 3 rings (SSSR count). The number of anilines is 2. The summed E-state index contributed by atoms with van der Waals surface area (Å²) in [5.41, 5.74) is 1.25. The lowest BCUT2D eigenvalue weighted by atomic mass is 10.1. The molecule has 2 aliphatic rings. The van der Waals surface area contributed by atoms with Crippen LogP contribution in [0.1, 0.15) is 32.6 Å². The lowest BCUT2D eigenvalue weighted by molar-refractivity contribution is -0.119. The zero-order valence-corrected chi connectivity index (χ0v) is 14.0. The highest BCUT2D eigenvalue weighted by molar-refractivity contribution is 9.10. The van der Waals surface area contributed by atoms with Gasteiger partial charge in [0.1, 0.15) is 0 Å². The van der Waals surface area contributed by atoms with Crippen molar-refractivity contribution < 1.29 is 14.7 Å². The molecule has 1 aromatic rings. The van der Waals surface area contributed by atoms with Crippen LogP contribution in [0.15, 0.2) is 22.7 Å². The molecule has 0 spiro atoms. The smallest absolute Gasteiger partial charge is 0.411 e. The number of carbonyl (C=O) groups excluding carboxylic acids is 1. The number of hydrogen-bond acceptors (Lipinski definition) is 2. The van der Waals surface area contributed by atoms with E-state index in [0.29, 0.717) is 30.3 Å². The molecule has 0 saturated heterocycles.